The number of carbonyl (C=O) groups is 2. The third-order valence-corrected chi connectivity index (χ3v) is 3.72. The van der Waals surface area contributed by atoms with Crippen LogP contribution in [0.25, 0.3) is 0 Å². The van der Waals surface area contributed by atoms with Crippen LogP contribution in [-0.4, -0.2) is 28.8 Å². The molecule has 1 atom stereocenters. The zero-order valence-electron chi connectivity index (χ0n) is 8.10. The standard InChI is InChI=1S/C9H11NO3S2/c1-6(9(12)13)10-7(11)5-15-8-3-2-4-14-8/h2-4,6H,5H2,1H3,(H,10,11)(H,12,13)/t6-/m0/s1. The summed E-state index contributed by atoms with van der Waals surface area (Å²) in [5, 5.41) is 12.9. The van der Waals surface area contributed by atoms with E-state index in [1.54, 1.807) is 11.3 Å². The minimum absolute atomic E-state index is 0.248. The first kappa shape index (κ1) is 12.1. The number of hydrogen-bond acceptors (Lipinski definition) is 4. The van der Waals surface area contributed by atoms with Crippen LogP contribution in [0.2, 0.25) is 0 Å². The van der Waals surface area contributed by atoms with Gasteiger partial charge in [0.05, 0.1) is 9.96 Å². The molecule has 0 aliphatic heterocycles. The van der Waals surface area contributed by atoms with E-state index < -0.39 is 12.0 Å². The first-order valence-corrected chi connectivity index (χ1v) is 6.14. The Morgan fingerprint density at radius 2 is 2.40 bits per heavy atom. The number of nitrogens with one attached hydrogen (secondary N) is 1. The summed E-state index contributed by atoms with van der Waals surface area (Å²) in [6, 6.07) is 3.00. The number of hydrogen-bond donors (Lipinski definition) is 2. The van der Waals surface area contributed by atoms with Crippen molar-refractivity contribution in [2.45, 2.75) is 17.2 Å². The Labute approximate surface area is 95.7 Å². The lowest BCUT2D eigenvalue weighted by molar-refractivity contribution is -0.140. The Bertz CT molecular complexity index is 337. The Hall–Kier alpha value is -1.01. The predicted molar refractivity (Wildman–Crippen MR) is 60.3 cm³/mol. The molecule has 82 valence electrons. The van der Waals surface area contributed by atoms with E-state index in [0.717, 1.165) is 4.21 Å². The average Bonchev–Trinajstić information content (AvgIpc) is 2.66. The molecule has 6 heteroatoms. The van der Waals surface area contributed by atoms with Crippen LogP contribution in [0.4, 0.5) is 0 Å². The summed E-state index contributed by atoms with van der Waals surface area (Å²) in [6.45, 7) is 1.44. The molecule has 0 bridgehead atoms. The molecule has 0 spiro atoms. The van der Waals surface area contributed by atoms with Gasteiger partial charge in [0.2, 0.25) is 5.91 Å². The summed E-state index contributed by atoms with van der Waals surface area (Å²) in [5.74, 6) is -1.04. The van der Waals surface area contributed by atoms with E-state index in [-0.39, 0.29) is 11.7 Å². The van der Waals surface area contributed by atoms with Crippen LogP contribution in [0, 0.1) is 0 Å². The lowest BCUT2D eigenvalue weighted by Gasteiger charge is -2.07. The second-order valence-corrected chi connectivity index (χ2v) is 5.07. The molecule has 0 fully saturated rings. The number of thioether (sulfide) groups is 1. The van der Waals surface area contributed by atoms with Crippen molar-refractivity contribution in [3.05, 3.63) is 17.5 Å². The SMILES string of the molecule is C[C@H](NC(=O)CSc1cccs1)C(=O)O. The summed E-state index contributed by atoms with van der Waals surface area (Å²) < 4.78 is 1.05. The third kappa shape index (κ3) is 4.35. The van der Waals surface area contributed by atoms with Crippen LogP contribution in [0.5, 0.6) is 0 Å². The number of amides is 1. The van der Waals surface area contributed by atoms with Gasteiger partial charge in [-0.05, 0) is 18.4 Å². The van der Waals surface area contributed by atoms with E-state index in [2.05, 4.69) is 5.32 Å². The van der Waals surface area contributed by atoms with Gasteiger partial charge in [0.15, 0.2) is 0 Å². The molecular weight excluding hydrogens is 234 g/mol. The minimum atomic E-state index is -1.02. The van der Waals surface area contributed by atoms with Crippen molar-refractivity contribution in [2.75, 3.05) is 5.75 Å². The molecule has 0 unspecified atom stereocenters. The lowest BCUT2D eigenvalue weighted by atomic mass is 10.3. The number of rotatable bonds is 5. The quantitative estimate of drug-likeness (QED) is 0.770. The van der Waals surface area contributed by atoms with Gasteiger partial charge < -0.3 is 10.4 Å². The molecular formula is C9H11NO3S2. The van der Waals surface area contributed by atoms with Crippen LogP contribution in [0.1, 0.15) is 6.92 Å². The topological polar surface area (TPSA) is 66.4 Å². The molecule has 1 heterocycles. The van der Waals surface area contributed by atoms with E-state index in [4.69, 9.17) is 5.11 Å². The normalized spacial score (nSPS) is 12.1. The molecule has 4 nitrogen and oxygen atoms in total. The minimum Gasteiger partial charge on any atom is -0.480 e. The fraction of sp³-hybridized carbons (Fsp3) is 0.333. The van der Waals surface area contributed by atoms with Crippen molar-refractivity contribution >= 4 is 35.0 Å². The van der Waals surface area contributed by atoms with Crippen molar-refractivity contribution < 1.29 is 14.7 Å². The second-order valence-electron chi connectivity index (χ2n) is 2.85. The van der Waals surface area contributed by atoms with Crippen molar-refractivity contribution in [1.82, 2.24) is 5.32 Å². The highest BCUT2D eigenvalue weighted by Crippen LogP contribution is 2.22. The summed E-state index contributed by atoms with van der Waals surface area (Å²) in [6.07, 6.45) is 0. The van der Waals surface area contributed by atoms with Gasteiger partial charge in [0.25, 0.3) is 0 Å². The maximum atomic E-state index is 11.3. The zero-order chi connectivity index (χ0) is 11.3. The fourth-order valence-electron chi connectivity index (χ4n) is 0.827. The molecule has 1 rings (SSSR count). The smallest absolute Gasteiger partial charge is 0.325 e. The van der Waals surface area contributed by atoms with Gasteiger partial charge in [0, 0.05) is 0 Å². The highest BCUT2D eigenvalue weighted by atomic mass is 32.2. The van der Waals surface area contributed by atoms with Gasteiger partial charge in [-0.15, -0.1) is 23.1 Å². The van der Waals surface area contributed by atoms with Crippen LogP contribution in [0.15, 0.2) is 21.7 Å². The molecule has 0 saturated heterocycles. The first-order valence-electron chi connectivity index (χ1n) is 4.28. The van der Waals surface area contributed by atoms with Crippen LogP contribution >= 0.6 is 23.1 Å². The summed E-state index contributed by atoms with van der Waals surface area (Å²) in [4.78, 5) is 21.7. The highest BCUT2D eigenvalue weighted by Gasteiger charge is 2.13. The molecule has 0 aromatic carbocycles. The Kier molecular flexibility index (Phi) is 4.64. The van der Waals surface area contributed by atoms with Gasteiger partial charge in [0.1, 0.15) is 6.04 Å². The Morgan fingerprint density at radius 3 is 2.93 bits per heavy atom. The Morgan fingerprint density at radius 1 is 1.67 bits per heavy atom. The molecule has 1 amide bonds. The van der Waals surface area contributed by atoms with E-state index in [0.29, 0.717) is 0 Å². The predicted octanol–water partition coefficient (Wildman–Crippen LogP) is 1.43. The summed E-state index contributed by atoms with van der Waals surface area (Å²) in [7, 11) is 0. The third-order valence-electron chi connectivity index (χ3n) is 1.59. The maximum absolute atomic E-state index is 11.3. The monoisotopic (exact) mass is 245 g/mol. The van der Waals surface area contributed by atoms with Crippen molar-refractivity contribution in [2.24, 2.45) is 0 Å². The number of thiophene rings is 1. The number of carboxylic acid groups (broad SMARTS) is 1. The van der Waals surface area contributed by atoms with E-state index in [9.17, 15) is 9.59 Å². The molecule has 2 N–H and O–H groups in total. The first-order chi connectivity index (χ1) is 7.09. The summed E-state index contributed by atoms with van der Waals surface area (Å²) in [5.41, 5.74) is 0. The molecule has 0 aliphatic carbocycles. The van der Waals surface area contributed by atoms with Crippen LogP contribution < -0.4 is 5.32 Å². The van der Waals surface area contributed by atoms with Gasteiger partial charge >= 0.3 is 5.97 Å². The molecule has 1 aromatic heterocycles. The van der Waals surface area contributed by atoms with Gasteiger partial charge in [-0.25, -0.2) is 0 Å². The number of carbonyl (C=O) groups excluding carboxylic acids is 1. The number of carboxylic acids is 1. The molecule has 0 aliphatic rings. The van der Waals surface area contributed by atoms with E-state index >= 15 is 0 Å². The van der Waals surface area contributed by atoms with Crippen molar-refractivity contribution in [3.8, 4) is 0 Å². The fourth-order valence-corrected chi connectivity index (χ4v) is 2.42. The Balaban J connectivity index is 2.28. The van der Waals surface area contributed by atoms with Crippen molar-refractivity contribution in [3.63, 3.8) is 0 Å². The van der Waals surface area contributed by atoms with Gasteiger partial charge in [-0.1, -0.05) is 6.07 Å². The van der Waals surface area contributed by atoms with E-state index in [1.807, 2.05) is 17.5 Å². The molecule has 0 radical (unpaired) electrons. The van der Waals surface area contributed by atoms with Crippen molar-refractivity contribution in [1.29, 1.82) is 0 Å². The summed E-state index contributed by atoms with van der Waals surface area (Å²) >= 11 is 2.96. The second kappa shape index (κ2) is 5.77. The van der Waals surface area contributed by atoms with Gasteiger partial charge in [-0.2, -0.15) is 0 Å². The molecule has 1 aromatic rings. The molecule has 15 heavy (non-hydrogen) atoms. The van der Waals surface area contributed by atoms with Crippen LogP contribution in [0.3, 0.4) is 0 Å². The highest BCUT2D eigenvalue weighted by molar-refractivity contribution is 8.01. The van der Waals surface area contributed by atoms with Crippen LogP contribution in [-0.2, 0) is 9.59 Å². The largest absolute Gasteiger partial charge is 0.480 e. The van der Waals surface area contributed by atoms with E-state index in [1.165, 1.54) is 18.7 Å². The lowest BCUT2D eigenvalue weighted by Crippen LogP contribution is -2.39. The molecule has 0 saturated carbocycles. The zero-order valence-corrected chi connectivity index (χ0v) is 9.73. The maximum Gasteiger partial charge on any atom is 0.325 e. The number of aliphatic carboxylic acids is 1. The average molecular weight is 245 g/mol. The van der Waals surface area contributed by atoms with Gasteiger partial charge in [-0.3, -0.25) is 9.59 Å².